The molecule has 0 N–H and O–H groups in total. The number of nitro groups is 1. The molecule has 0 fully saturated rings. The van der Waals surface area contributed by atoms with Gasteiger partial charge in [0.05, 0.1) is 34.1 Å². The Balaban J connectivity index is 3.29. The average Bonchev–Trinajstić information content (AvgIpc) is 2.59. The van der Waals surface area contributed by atoms with Crippen molar-refractivity contribution >= 4 is 31.3 Å². The Kier molecular flexibility index (Phi) is 9.46. The highest BCUT2D eigenvalue weighted by atomic mass is 32.2. The molecule has 0 radical (unpaired) electrons. The van der Waals surface area contributed by atoms with Crippen LogP contribution in [0, 0.1) is 10.1 Å². The Bertz CT molecular complexity index is 900. The third-order valence-electron chi connectivity index (χ3n) is 4.00. The summed E-state index contributed by atoms with van der Waals surface area (Å²) < 4.78 is 53.1. The lowest BCUT2D eigenvalue weighted by Gasteiger charge is -2.26. The molecule has 0 unspecified atom stereocenters. The van der Waals surface area contributed by atoms with E-state index >= 15 is 0 Å². The van der Waals surface area contributed by atoms with Crippen molar-refractivity contribution in [2.45, 2.75) is 24.7 Å². The van der Waals surface area contributed by atoms with Crippen molar-refractivity contribution in [3.8, 4) is 0 Å². The first kappa shape index (κ1) is 25.3. The van der Waals surface area contributed by atoms with Gasteiger partial charge in [-0.25, -0.2) is 8.42 Å². The van der Waals surface area contributed by atoms with Gasteiger partial charge in [-0.05, 0) is 39.5 Å². The van der Waals surface area contributed by atoms with Crippen LogP contribution in [-0.4, -0.2) is 79.0 Å². The first-order chi connectivity index (χ1) is 13.4. The molecule has 166 valence electrons. The molecule has 0 aromatic heterocycles. The molecule has 0 saturated carbocycles. The second-order valence-electron chi connectivity index (χ2n) is 6.90. The number of hydrogen-bond donors (Lipinski definition) is 0. The summed E-state index contributed by atoms with van der Waals surface area (Å²) in [6.07, 6.45) is 1.97. The summed E-state index contributed by atoms with van der Waals surface area (Å²) >= 11 is 0. The van der Waals surface area contributed by atoms with Gasteiger partial charge >= 0.3 is 0 Å². The summed E-state index contributed by atoms with van der Waals surface area (Å²) in [7, 11) is -3.76. The number of nitro benzene ring substituents is 1. The smallest absolute Gasteiger partial charge is 0.270 e. The van der Waals surface area contributed by atoms with Crippen molar-refractivity contribution in [3.63, 3.8) is 0 Å². The minimum absolute atomic E-state index is 0.124. The Morgan fingerprint density at radius 3 is 2.28 bits per heavy atom. The van der Waals surface area contributed by atoms with Crippen molar-refractivity contribution < 1.29 is 25.9 Å². The minimum atomic E-state index is -3.79. The number of anilines is 1. The molecule has 0 atom stereocenters. The lowest BCUT2D eigenvalue weighted by molar-refractivity contribution is -0.385. The van der Waals surface area contributed by atoms with E-state index < -0.39 is 24.9 Å². The molecule has 0 amide bonds. The second-order valence-corrected chi connectivity index (χ2v) is 10.6. The van der Waals surface area contributed by atoms with Crippen LogP contribution in [0.25, 0.3) is 0 Å². The first-order valence-electron chi connectivity index (χ1n) is 9.12. The first-order valence-corrected chi connectivity index (χ1v) is 12.6. The second kappa shape index (κ2) is 10.9. The Labute approximate surface area is 172 Å². The molecule has 0 aliphatic carbocycles. The molecule has 0 spiro atoms. The Morgan fingerprint density at radius 1 is 1.10 bits per heavy atom. The number of nitrogens with zero attached hydrogens (tertiary/aromatic N) is 3. The zero-order valence-electron chi connectivity index (χ0n) is 17.2. The highest BCUT2D eigenvalue weighted by Gasteiger charge is 2.25. The minimum Gasteiger partial charge on any atom is -0.368 e. The third-order valence-corrected chi connectivity index (χ3v) is 6.42. The van der Waals surface area contributed by atoms with Crippen LogP contribution in [-0.2, 0) is 24.1 Å². The highest BCUT2D eigenvalue weighted by Crippen LogP contribution is 2.31. The van der Waals surface area contributed by atoms with Gasteiger partial charge in [0.15, 0.2) is 9.84 Å². The fourth-order valence-corrected chi connectivity index (χ4v) is 4.65. The molecular formula is C17H29N3O7S2. The molecule has 29 heavy (non-hydrogen) atoms. The fraction of sp³-hybridized carbons (Fsp3) is 0.647. The summed E-state index contributed by atoms with van der Waals surface area (Å²) in [6, 6.07) is 3.71. The summed E-state index contributed by atoms with van der Waals surface area (Å²) in [5.74, 6) is -0.154. The van der Waals surface area contributed by atoms with Crippen molar-refractivity contribution in [1.29, 1.82) is 0 Å². The summed E-state index contributed by atoms with van der Waals surface area (Å²) in [4.78, 5) is 13.9. The maximum absolute atomic E-state index is 13.0. The van der Waals surface area contributed by atoms with E-state index in [-0.39, 0.29) is 29.5 Å². The van der Waals surface area contributed by atoms with Gasteiger partial charge in [-0.3, -0.25) is 14.3 Å². The SMILES string of the molecule is CCCN(CCOS(C)(=O)=O)c1ccc([N+](=O)[O-])cc1S(=O)(=O)CCCN(C)C. The van der Waals surface area contributed by atoms with Gasteiger partial charge in [-0.2, -0.15) is 8.42 Å². The van der Waals surface area contributed by atoms with E-state index in [1.165, 1.54) is 12.1 Å². The van der Waals surface area contributed by atoms with E-state index in [9.17, 15) is 26.9 Å². The van der Waals surface area contributed by atoms with Crippen molar-refractivity contribution in [1.82, 2.24) is 4.90 Å². The van der Waals surface area contributed by atoms with E-state index in [2.05, 4.69) is 0 Å². The number of benzene rings is 1. The predicted molar refractivity (Wildman–Crippen MR) is 112 cm³/mol. The number of sulfone groups is 1. The monoisotopic (exact) mass is 451 g/mol. The van der Waals surface area contributed by atoms with Crippen LogP contribution in [0.15, 0.2) is 23.1 Å². The van der Waals surface area contributed by atoms with E-state index in [0.717, 1.165) is 12.3 Å². The molecule has 1 rings (SSSR count). The predicted octanol–water partition coefficient (Wildman–Crippen LogP) is 1.51. The van der Waals surface area contributed by atoms with E-state index in [1.54, 1.807) is 4.90 Å². The maximum Gasteiger partial charge on any atom is 0.270 e. The van der Waals surface area contributed by atoms with Gasteiger partial charge in [0.2, 0.25) is 0 Å². The van der Waals surface area contributed by atoms with Crippen LogP contribution in [0.5, 0.6) is 0 Å². The van der Waals surface area contributed by atoms with Crippen LogP contribution in [0.3, 0.4) is 0 Å². The van der Waals surface area contributed by atoms with Crippen LogP contribution >= 0.6 is 0 Å². The standard InChI is InChI=1S/C17H29N3O7S2/c1-5-9-19(11-12-27-28(4,23)24)16-8-7-15(20(21)22)14-17(16)29(25,26)13-6-10-18(2)3/h7-8,14H,5-6,9-13H2,1-4H3. The van der Waals surface area contributed by atoms with E-state index in [0.29, 0.717) is 31.6 Å². The number of non-ortho nitro benzene ring substituents is 1. The average molecular weight is 452 g/mol. The Morgan fingerprint density at radius 2 is 1.76 bits per heavy atom. The molecule has 0 saturated heterocycles. The Hall–Kier alpha value is -1.76. The molecule has 0 aliphatic heterocycles. The molecule has 0 heterocycles. The van der Waals surface area contributed by atoms with Crippen molar-refractivity contribution in [2.24, 2.45) is 0 Å². The molecule has 12 heteroatoms. The van der Waals surface area contributed by atoms with E-state index in [4.69, 9.17) is 4.18 Å². The number of rotatable bonds is 13. The zero-order valence-corrected chi connectivity index (χ0v) is 18.8. The molecule has 1 aromatic carbocycles. The van der Waals surface area contributed by atoms with Gasteiger partial charge < -0.3 is 9.80 Å². The molecule has 10 nitrogen and oxygen atoms in total. The molecular weight excluding hydrogens is 422 g/mol. The van der Waals surface area contributed by atoms with Crippen LogP contribution < -0.4 is 4.90 Å². The van der Waals surface area contributed by atoms with Gasteiger partial charge in [0, 0.05) is 25.2 Å². The van der Waals surface area contributed by atoms with Crippen molar-refractivity contribution in [2.75, 3.05) is 57.2 Å². The lowest BCUT2D eigenvalue weighted by Crippen LogP contribution is -2.30. The summed E-state index contributed by atoms with van der Waals surface area (Å²) in [5, 5.41) is 11.2. The van der Waals surface area contributed by atoms with Gasteiger partial charge in [0.1, 0.15) is 0 Å². The maximum atomic E-state index is 13.0. The lowest BCUT2D eigenvalue weighted by atomic mass is 10.2. The van der Waals surface area contributed by atoms with Crippen LogP contribution in [0.4, 0.5) is 11.4 Å². The van der Waals surface area contributed by atoms with Gasteiger partial charge in [-0.15, -0.1) is 0 Å². The van der Waals surface area contributed by atoms with Crippen LogP contribution in [0.2, 0.25) is 0 Å². The van der Waals surface area contributed by atoms with Gasteiger partial charge in [0.25, 0.3) is 15.8 Å². The fourth-order valence-electron chi connectivity index (χ4n) is 2.73. The highest BCUT2D eigenvalue weighted by molar-refractivity contribution is 7.91. The third kappa shape index (κ3) is 8.64. The van der Waals surface area contributed by atoms with Crippen molar-refractivity contribution in [3.05, 3.63) is 28.3 Å². The zero-order chi connectivity index (χ0) is 22.2. The van der Waals surface area contributed by atoms with E-state index in [1.807, 2.05) is 25.9 Å². The summed E-state index contributed by atoms with van der Waals surface area (Å²) in [6.45, 7) is 2.85. The topological polar surface area (TPSA) is 127 Å². The molecule has 0 aliphatic rings. The quantitative estimate of drug-likeness (QED) is 0.249. The summed E-state index contributed by atoms with van der Waals surface area (Å²) in [5.41, 5.74) is -0.0110. The molecule has 0 bridgehead atoms. The largest absolute Gasteiger partial charge is 0.368 e. The number of hydrogen-bond acceptors (Lipinski definition) is 9. The normalized spacial score (nSPS) is 12.3. The molecule has 1 aromatic rings. The van der Waals surface area contributed by atoms with Gasteiger partial charge in [-0.1, -0.05) is 6.92 Å². The van der Waals surface area contributed by atoms with Crippen LogP contribution in [0.1, 0.15) is 19.8 Å².